The zero-order chi connectivity index (χ0) is 29.1. The Morgan fingerprint density at radius 3 is 1.70 bits per heavy atom. The number of hydrogen-bond acceptors (Lipinski definition) is 5. The predicted octanol–water partition coefficient (Wildman–Crippen LogP) is 8.26. The number of anilines is 6. The molecule has 0 fully saturated rings. The molecule has 0 saturated carbocycles. The summed E-state index contributed by atoms with van der Waals surface area (Å²) in [5.74, 6) is 0.871. The molecule has 0 aliphatic rings. The molecule has 13 heteroatoms. The average molecular weight is 561 g/mol. The van der Waals surface area contributed by atoms with Gasteiger partial charge in [0.1, 0.15) is 5.82 Å². The third-order valence-corrected chi connectivity index (χ3v) is 5.42. The molecule has 0 atom stereocenters. The number of aryl methyl sites for hydroxylation is 2. The minimum Gasteiger partial charge on any atom is -0.340 e. The summed E-state index contributed by atoms with van der Waals surface area (Å²) in [4.78, 5) is 21.1. The van der Waals surface area contributed by atoms with Crippen LogP contribution in [0.1, 0.15) is 22.4 Å². The van der Waals surface area contributed by atoms with Gasteiger partial charge in [-0.05, 0) is 68.4 Å². The molecule has 0 aliphatic carbocycles. The number of aromatic nitrogens is 2. The van der Waals surface area contributed by atoms with Crippen LogP contribution in [0.25, 0.3) is 0 Å². The van der Waals surface area contributed by atoms with Gasteiger partial charge in [-0.3, -0.25) is 0 Å². The topological polar surface area (TPSA) is 91.0 Å². The van der Waals surface area contributed by atoms with Gasteiger partial charge in [0, 0.05) is 34.5 Å². The third-order valence-electron chi connectivity index (χ3n) is 5.42. The van der Waals surface area contributed by atoms with E-state index in [1.54, 1.807) is 25.1 Å². The number of benzene rings is 3. The van der Waals surface area contributed by atoms with E-state index < -0.39 is 35.2 Å². The Kier molecular flexibility index (Phi) is 7.84. The van der Waals surface area contributed by atoms with Crippen molar-refractivity contribution in [1.82, 2.24) is 9.97 Å². The van der Waals surface area contributed by atoms with E-state index in [1.807, 2.05) is 36.5 Å². The Hall–Kier alpha value is -4.81. The number of alkyl halides is 6. The van der Waals surface area contributed by atoms with Gasteiger partial charge in [-0.25, -0.2) is 9.78 Å². The quantitative estimate of drug-likeness (QED) is 0.178. The van der Waals surface area contributed by atoms with Crippen molar-refractivity contribution in [2.75, 3.05) is 21.3 Å². The lowest BCUT2D eigenvalue weighted by molar-refractivity contribution is -0.143. The lowest BCUT2D eigenvalue weighted by Crippen LogP contribution is -2.20. The van der Waals surface area contributed by atoms with Crippen molar-refractivity contribution in [1.29, 1.82) is 0 Å². The number of urea groups is 1. The first-order valence-electron chi connectivity index (χ1n) is 11.7. The van der Waals surface area contributed by atoms with Crippen LogP contribution in [-0.4, -0.2) is 16.0 Å². The highest BCUT2D eigenvalue weighted by Crippen LogP contribution is 2.37. The minimum atomic E-state index is -5.03. The monoisotopic (exact) mass is 560 g/mol. The van der Waals surface area contributed by atoms with Gasteiger partial charge in [-0.1, -0.05) is 17.7 Å². The van der Waals surface area contributed by atoms with Gasteiger partial charge in [0.15, 0.2) is 0 Å². The van der Waals surface area contributed by atoms with E-state index in [4.69, 9.17) is 0 Å². The van der Waals surface area contributed by atoms with Crippen molar-refractivity contribution < 1.29 is 31.1 Å². The molecule has 2 amide bonds. The number of nitrogens with zero attached hydrogens (tertiary/aromatic N) is 2. The molecular formula is C27H22F6N6O. The lowest BCUT2D eigenvalue weighted by Gasteiger charge is -2.15. The van der Waals surface area contributed by atoms with Crippen molar-refractivity contribution in [3.63, 3.8) is 0 Å². The number of rotatable bonds is 6. The van der Waals surface area contributed by atoms with E-state index in [0.29, 0.717) is 35.3 Å². The van der Waals surface area contributed by atoms with Gasteiger partial charge >= 0.3 is 18.4 Å². The summed E-state index contributed by atoms with van der Waals surface area (Å²) in [6, 6.07) is 15.5. The normalized spacial score (nSPS) is 11.6. The summed E-state index contributed by atoms with van der Waals surface area (Å²) in [5.41, 5.74) is -0.276. The third kappa shape index (κ3) is 7.62. The van der Waals surface area contributed by atoms with Crippen LogP contribution in [0.15, 0.2) is 72.8 Å². The van der Waals surface area contributed by atoms with Gasteiger partial charge in [-0.15, -0.1) is 0 Å². The smallest absolute Gasteiger partial charge is 0.340 e. The molecule has 40 heavy (non-hydrogen) atoms. The molecule has 1 aromatic heterocycles. The standard InChI is InChI=1S/C27H22F6N6O/c1-15-3-5-19(6-4-15)35-23-11-16(2)34-24(39-23)36-20-7-9-21(10-8-20)37-25(40)38-22-13-17(26(28,29)30)12-18(14-22)27(31,32)33/h3-14H,1-2H3,(H2,37,38,40)(H2,34,35,36,39). The summed E-state index contributed by atoms with van der Waals surface area (Å²) >= 11 is 0. The number of hydrogen-bond donors (Lipinski definition) is 4. The second kappa shape index (κ2) is 11.1. The molecule has 7 nitrogen and oxygen atoms in total. The molecule has 0 saturated heterocycles. The van der Waals surface area contributed by atoms with Crippen molar-refractivity contribution >= 4 is 40.5 Å². The highest BCUT2D eigenvalue weighted by molar-refractivity contribution is 6.00. The van der Waals surface area contributed by atoms with Crippen LogP contribution in [0.5, 0.6) is 0 Å². The first kappa shape index (κ1) is 28.2. The number of halogens is 6. The van der Waals surface area contributed by atoms with E-state index in [1.165, 1.54) is 12.1 Å². The van der Waals surface area contributed by atoms with Gasteiger partial charge in [-0.2, -0.15) is 31.3 Å². The molecular weight excluding hydrogens is 538 g/mol. The number of nitrogens with one attached hydrogen (secondary N) is 4. The summed E-state index contributed by atoms with van der Waals surface area (Å²) in [6.07, 6.45) is -10.1. The van der Waals surface area contributed by atoms with Gasteiger partial charge in [0.05, 0.1) is 11.1 Å². The van der Waals surface area contributed by atoms with E-state index >= 15 is 0 Å². The van der Waals surface area contributed by atoms with Crippen molar-refractivity contribution in [2.45, 2.75) is 26.2 Å². The Labute approximate surface area is 224 Å². The fraction of sp³-hybridized carbons (Fsp3) is 0.148. The molecule has 1 heterocycles. The highest BCUT2D eigenvalue weighted by Gasteiger charge is 2.37. The molecule has 0 bridgehead atoms. The van der Waals surface area contributed by atoms with Crippen LogP contribution in [0, 0.1) is 13.8 Å². The molecule has 208 valence electrons. The molecule has 0 spiro atoms. The van der Waals surface area contributed by atoms with Crippen LogP contribution in [0.3, 0.4) is 0 Å². The Balaban J connectivity index is 1.42. The van der Waals surface area contributed by atoms with Crippen LogP contribution < -0.4 is 21.3 Å². The van der Waals surface area contributed by atoms with Gasteiger partial charge in [0.2, 0.25) is 5.95 Å². The number of carbonyl (C=O) groups excluding carboxylic acids is 1. The van der Waals surface area contributed by atoms with E-state index in [0.717, 1.165) is 11.3 Å². The maximum absolute atomic E-state index is 13.1. The Morgan fingerprint density at radius 1 is 0.625 bits per heavy atom. The summed E-state index contributed by atoms with van der Waals surface area (Å²) < 4.78 is 78.3. The number of amides is 2. The zero-order valence-corrected chi connectivity index (χ0v) is 21.0. The van der Waals surface area contributed by atoms with E-state index in [-0.39, 0.29) is 11.8 Å². The van der Waals surface area contributed by atoms with Gasteiger partial charge in [0.25, 0.3) is 0 Å². The summed E-state index contributed by atoms with van der Waals surface area (Å²) in [6.45, 7) is 3.79. The minimum absolute atomic E-state index is 0.0196. The van der Waals surface area contributed by atoms with E-state index in [9.17, 15) is 31.1 Å². The predicted molar refractivity (Wildman–Crippen MR) is 140 cm³/mol. The van der Waals surface area contributed by atoms with Gasteiger partial charge < -0.3 is 21.3 Å². The summed E-state index contributed by atoms with van der Waals surface area (Å²) in [5, 5.41) is 10.6. The van der Waals surface area contributed by atoms with Crippen molar-refractivity contribution in [2.24, 2.45) is 0 Å². The molecule has 0 aliphatic heterocycles. The fourth-order valence-electron chi connectivity index (χ4n) is 3.56. The first-order valence-corrected chi connectivity index (χ1v) is 11.7. The fourth-order valence-corrected chi connectivity index (χ4v) is 3.56. The Bertz CT molecular complexity index is 1470. The first-order chi connectivity index (χ1) is 18.7. The molecule has 0 radical (unpaired) electrons. The second-order valence-corrected chi connectivity index (χ2v) is 8.79. The number of carbonyl (C=O) groups is 1. The van der Waals surface area contributed by atoms with Crippen LogP contribution >= 0.6 is 0 Å². The Morgan fingerprint density at radius 2 is 1.12 bits per heavy atom. The summed E-state index contributed by atoms with van der Waals surface area (Å²) in [7, 11) is 0. The maximum atomic E-state index is 13.1. The zero-order valence-electron chi connectivity index (χ0n) is 21.0. The average Bonchev–Trinajstić information content (AvgIpc) is 2.85. The van der Waals surface area contributed by atoms with Crippen LogP contribution in [0.2, 0.25) is 0 Å². The maximum Gasteiger partial charge on any atom is 0.416 e. The highest BCUT2D eigenvalue weighted by atomic mass is 19.4. The van der Waals surface area contributed by atoms with Crippen LogP contribution in [0.4, 0.5) is 65.7 Å². The SMILES string of the molecule is Cc1ccc(Nc2cc(C)nc(Nc3ccc(NC(=O)Nc4cc(C(F)(F)F)cc(C(F)(F)F)c4)cc3)n2)cc1. The van der Waals surface area contributed by atoms with E-state index in [2.05, 4.69) is 25.9 Å². The molecule has 4 aromatic rings. The molecule has 0 unspecified atom stereocenters. The molecule has 3 aromatic carbocycles. The van der Waals surface area contributed by atoms with Crippen molar-refractivity contribution in [3.8, 4) is 0 Å². The van der Waals surface area contributed by atoms with Crippen molar-refractivity contribution in [3.05, 3.63) is 95.2 Å². The molecule has 4 N–H and O–H groups in total. The second-order valence-electron chi connectivity index (χ2n) is 8.79. The van der Waals surface area contributed by atoms with Crippen LogP contribution in [-0.2, 0) is 12.4 Å². The molecule has 4 rings (SSSR count). The largest absolute Gasteiger partial charge is 0.416 e. The lowest BCUT2D eigenvalue weighted by atomic mass is 10.1.